The first kappa shape index (κ1) is 16.2. The molecule has 7 heteroatoms. The zero-order chi connectivity index (χ0) is 12.0. The highest BCUT2D eigenvalue weighted by Crippen LogP contribution is 1.97. The number of guanidine groups is 1. The minimum atomic E-state index is 0. The normalized spacial score (nSPS) is 13.0. The molecule has 1 unspecified atom stereocenters. The summed E-state index contributed by atoms with van der Waals surface area (Å²) in [5.41, 5.74) is 6.75. The zero-order valence-electron chi connectivity index (χ0n) is 10.4. The van der Waals surface area contributed by atoms with E-state index in [1.165, 1.54) is 0 Å². The number of aromatic nitrogens is 2. The molecule has 98 valence electrons. The molecular formula is C10H20IN5O. The number of rotatable bonds is 5. The molecular weight excluding hydrogens is 333 g/mol. The van der Waals surface area contributed by atoms with Gasteiger partial charge in [-0.2, -0.15) is 5.10 Å². The standard InChI is InChI=1S/C10H19N5O.HI/c1-8(7-16-3)14-10(11)12-4-9-5-13-15(2)6-9;/h5-6,8H,4,7H2,1-3H3,(H3,11,12,14);1H. The van der Waals surface area contributed by atoms with Crippen molar-refractivity contribution in [1.29, 1.82) is 0 Å². The van der Waals surface area contributed by atoms with Gasteiger partial charge in [0.1, 0.15) is 0 Å². The predicted molar refractivity (Wildman–Crippen MR) is 78.4 cm³/mol. The van der Waals surface area contributed by atoms with E-state index >= 15 is 0 Å². The van der Waals surface area contributed by atoms with Crippen LogP contribution in [-0.2, 0) is 18.3 Å². The molecule has 0 fully saturated rings. The summed E-state index contributed by atoms with van der Waals surface area (Å²) in [5, 5.41) is 7.08. The van der Waals surface area contributed by atoms with Gasteiger partial charge in [0.05, 0.1) is 19.3 Å². The van der Waals surface area contributed by atoms with Crippen LogP contribution in [0.1, 0.15) is 12.5 Å². The van der Waals surface area contributed by atoms with Crippen molar-refractivity contribution < 1.29 is 4.74 Å². The van der Waals surface area contributed by atoms with Crippen molar-refractivity contribution in [2.24, 2.45) is 17.8 Å². The number of nitrogens with zero attached hydrogens (tertiary/aromatic N) is 3. The molecule has 0 bridgehead atoms. The van der Waals surface area contributed by atoms with Gasteiger partial charge in [0.2, 0.25) is 0 Å². The molecule has 0 saturated heterocycles. The first-order chi connectivity index (χ1) is 7.61. The van der Waals surface area contributed by atoms with Gasteiger partial charge in [-0.15, -0.1) is 24.0 Å². The summed E-state index contributed by atoms with van der Waals surface area (Å²) in [6.45, 7) is 3.12. The average molecular weight is 353 g/mol. The summed E-state index contributed by atoms with van der Waals surface area (Å²) < 4.78 is 6.72. The Morgan fingerprint density at radius 3 is 2.94 bits per heavy atom. The highest BCUT2D eigenvalue weighted by molar-refractivity contribution is 14.0. The molecule has 1 heterocycles. The predicted octanol–water partition coefficient (Wildman–Crippen LogP) is 0.477. The number of hydrogen-bond donors (Lipinski definition) is 2. The number of hydrogen-bond acceptors (Lipinski definition) is 3. The van der Waals surface area contributed by atoms with Crippen LogP contribution in [-0.4, -0.2) is 35.5 Å². The Bertz CT molecular complexity index is 352. The zero-order valence-corrected chi connectivity index (χ0v) is 12.7. The van der Waals surface area contributed by atoms with E-state index in [4.69, 9.17) is 10.5 Å². The summed E-state index contributed by atoms with van der Waals surface area (Å²) in [7, 11) is 3.52. The lowest BCUT2D eigenvalue weighted by atomic mass is 10.3. The van der Waals surface area contributed by atoms with Crippen molar-refractivity contribution in [3.05, 3.63) is 18.0 Å². The van der Waals surface area contributed by atoms with Gasteiger partial charge in [-0.1, -0.05) is 0 Å². The van der Waals surface area contributed by atoms with Gasteiger partial charge in [-0.3, -0.25) is 4.68 Å². The van der Waals surface area contributed by atoms with Gasteiger partial charge < -0.3 is 15.8 Å². The maximum Gasteiger partial charge on any atom is 0.189 e. The lowest BCUT2D eigenvalue weighted by Gasteiger charge is -2.12. The van der Waals surface area contributed by atoms with Crippen LogP contribution >= 0.6 is 24.0 Å². The molecule has 0 aliphatic carbocycles. The molecule has 1 rings (SSSR count). The smallest absolute Gasteiger partial charge is 0.189 e. The second-order valence-electron chi connectivity index (χ2n) is 3.72. The summed E-state index contributed by atoms with van der Waals surface area (Å²) in [4.78, 5) is 4.20. The Morgan fingerprint density at radius 1 is 1.71 bits per heavy atom. The van der Waals surface area contributed by atoms with Crippen molar-refractivity contribution >= 4 is 29.9 Å². The van der Waals surface area contributed by atoms with E-state index in [1.807, 2.05) is 20.2 Å². The van der Waals surface area contributed by atoms with Gasteiger partial charge in [0, 0.05) is 32.0 Å². The number of nitrogens with one attached hydrogen (secondary N) is 1. The molecule has 0 aliphatic heterocycles. The fourth-order valence-corrected chi connectivity index (χ4v) is 1.32. The van der Waals surface area contributed by atoms with Crippen molar-refractivity contribution in [3.8, 4) is 0 Å². The van der Waals surface area contributed by atoms with Crippen LogP contribution in [0.3, 0.4) is 0 Å². The van der Waals surface area contributed by atoms with E-state index in [2.05, 4.69) is 15.4 Å². The first-order valence-corrected chi connectivity index (χ1v) is 5.14. The molecule has 0 aromatic carbocycles. The largest absolute Gasteiger partial charge is 0.383 e. The quantitative estimate of drug-likeness (QED) is 0.459. The van der Waals surface area contributed by atoms with Crippen LogP contribution in [0, 0.1) is 0 Å². The topological polar surface area (TPSA) is 77.5 Å². The van der Waals surface area contributed by atoms with Crippen molar-refractivity contribution in [2.75, 3.05) is 13.7 Å². The van der Waals surface area contributed by atoms with E-state index < -0.39 is 0 Å². The van der Waals surface area contributed by atoms with Crippen molar-refractivity contribution in [1.82, 2.24) is 15.1 Å². The Hall–Kier alpha value is -0.830. The average Bonchev–Trinajstić information content (AvgIpc) is 2.61. The molecule has 6 nitrogen and oxygen atoms in total. The number of aryl methyl sites for hydroxylation is 1. The van der Waals surface area contributed by atoms with E-state index in [9.17, 15) is 0 Å². The van der Waals surface area contributed by atoms with Crippen molar-refractivity contribution in [2.45, 2.75) is 19.5 Å². The van der Waals surface area contributed by atoms with Gasteiger partial charge in [0.25, 0.3) is 0 Å². The Morgan fingerprint density at radius 2 is 2.41 bits per heavy atom. The van der Waals surface area contributed by atoms with Crippen LogP contribution in [0.5, 0.6) is 0 Å². The summed E-state index contributed by atoms with van der Waals surface area (Å²) >= 11 is 0. The van der Waals surface area contributed by atoms with E-state index in [0.717, 1.165) is 5.56 Å². The molecule has 3 N–H and O–H groups in total. The monoisotopic (exact) mass is 353 g/mol. The van der Waals surface area contributed by atoms with Crippen LogP contribution in [0.15, 0.2) is 17.4 Å². The lowest BCUT2D eigenvalue weighted by Crippen LogP contribution is -2.40. The van der Waals surface area contributed by atoms with Gasteiger partial charge in [0.15, 0.2) is 5.96 Å². The molecule has 0 aliphatic rings. The maximum absolute atomic E-state index is 5.72. The molecule has 1 aromatic rings. The minimum absolute atomic E-state index is 0. The number of halogens is 1. The fraction of sp³-hybridized carbons (Fsp3) is 0.600. The Labute approximate surface area is 119 Å². The van der Waals surface area contributed by atoms with E-state index in [1.54, 1.807) is 18.0 Å². The Balaban J connectivity index is 0.00000256. The van der Waals surface area contributed by atoms with E-state index in [-0.39, 0.29) is 30.0 Å². The second kappa shape index (κ2) is 8.29. The first-order valence-electron chi connectivity index (χ1n) is 5.14. The van der Waals surface area contributed by atoms with Gasteiger partial charge >= 0.3 is 0 Å². The highest BCUT2D eigenvalue weighted by atomic mass is 127. The highest BCUT2D eigenvalue weighted by Gasteiger charge is 2.01. The summed E-state index contributed by atoms with van der Waals surface area (Å²) in [6, 6.07) is 0.155. The SMILES string of the molecule is COCC(C)NC(N)=NCc1cnn(C)c1.I. The van der Waals surface area contributed by atoms with Crippen LogP contribution in [0.2, 0.25) is 0 Å². The summed E-state index contributed by atoms with van der Waals surface area (Å²) in [5.74, 6) is 0.424. The number of aliphatic imine (C=N–C) groups is 1. The molecule has 1 atom stereocenters. The third-order valence-corrected chi connectivity index (χ3v) is 2.00. The summed E-state index contributed by atoms with van der Waals surface area (Å²) in [6.07, 6.45) is 3.69. The van der Waals surface area contributed by atoms with Crippen LogP contribution < -0.4 is 11.1 Å². The van der Waals surface area contributed by atoms with Crippen LogP contribution in [0.25, 0.3) is 0 Å². The second-order valence-corrected chi connectivity index (χ2v) is 3.72. The number of nitrogens with two attached hydrogens (primary N) is 1. The van der Waals surface area contributed by atoms with E-state index in [0.29, 0.717) is 19.1 Å². The number of ether oxygens (including phenoxy) is 1. The molecule has 1 aromatic heterocycles. The van der Waals surface area contributed by atoms with Gasteiger partial charge in [-0.05, 0) is 6.92 Å². The molecule has 0 spiro atoms. The molecule has 0 saturated carbocycles. The fourth-order valence-electron chi connectivity index (χ4n) is 1.32. The van der Waals surface area contributed by atoms with Crippen molar-refractivity contribution in [3.63, 3.8) is 0 Å². The minimum Gasteiger partial charge on any atom is -0.383 e. The third kappa shape index (κ3) is 6.47. The number of methoxy groups -OCH3 is 1. The molecule has 0 radical (unpaired) electrons. The maximum atomic E-state index is 5.72. The molecule has 0 amide bonds. The lowest BCUT2D eigenvalue weighted by molar-refractivity contribution is 0.179. The molecule has 17 heavy (non-hydrogen) atoms. The van der Waals surface area contributed by atoms with Gasteiger partial charge in [-0.25, -0.2) is 4.99 Å². The van der Waals surface area contributed by atoms with Crippen LogP contribution in [0.4, 0.5) is 0 Å². The Kier molecular flexibility index (Phi) is 7.88. The third-order valence-electron chi connectivity index (χ3n) is 2.00.